The molecule has 5 rings (SSSR count). The van der Waals surface area contributed by atoms with E-state index in [0.29, 0.717) is 69.8 Å². The highest BCUT2D eigenvalue weighted by atomic mass is 31.2. The number of carbonyl (C=O) groups is 5. The van der Waals surface area contributed by atoms with Gasteiger partial charge in [0.15, 0.2) is 5.78 Å². The average molecular weight is 1030 g/mol. The molecular formula is C54H84NO16P. The molecule has 3 unspecified atom stereocenters. The van der Waals surface area contributed by atoms with Gasteiger partial charge in [-0.2, -0.15) is 0 Å². The quantitative estimate of drug-likeness (QED) is 0.0880. The number of ketones is 3. The molecule has 16 atom stereocenters. The number of Topliss-reactive ketones (excluding diaryl/α,β-unsaturated/α-hetero) is 3. The lowest BCUT2D eigenvalue weighted by atomic mass is 9.68. The van der Waals surface area contributed by atoms with Crippen LogP contribution >= 0.6 is 7.82 Å². The molecule has 0 aromatic heterocycles. The number of hydrogen-bond acceptors (Lipinski definition) is 16. The van der Waals surface area contributed by atoms with E-state index >= 15 is 0 Å². The van der Waals surface area contributed by atoms with Crippen LogP contribution in [0.15, 0.2) is 47.6 Å². The largest absolute Gasteiger partial charge is 0.475 e. The summed E-state index contributed by atoms with van der Waals surface area (Å²) in [5.74, 6) is -8.96. The maximum absolute atomic E-state index is 14.6. The van der Waals surface area contributed by atoms with Crippen molar-refractivity contribution < 1.29 is 76.0 Å². The number of hydrogen-bond donors (Lipinski definition) is 2. The van der Waals surface area contributed by atoms with Crippen molar-refractivity contribution >= 4 is 37.0 Å². The second-order valence-corrected chi connectivity index (χ2v) is 22.5. The van der Waals surface area contributed by atoms with Crippen LogP contribution in [0.25, 0.3) is 0 Å². The van der Waals surface area contributed by atoms with Crippen molar-refractivity contribution in [2.45, 2.75) is 181 Å². The Morgan fingerprint density at radius 3 is 2.19 bits per heavy atom. The summed E-state index contributed by atoms with van der Waals surface area (Å²) >= 11 is 0. The first-order chi connectivity index (χ1) is 34.1. The van der Waals surface area contributed by atoms with Gasteiger partial charge in [-0.3, -0.25) is 32.7 Å². The van der Waals surface area contributed by atoms with Gasteiger partial charge in [-0.15, -0.1) is 0 Å². The molecule has 1 amide bonds. The van der Waals surface area contributed by atoms with Gasteiger partial charge in [0.25, 0.3) is 11.7 Å². The first-order valence-corrected chi connectivity index (χ1v) is 27.7. The van der Waals surface area contributed by atoms with E-state index in [0.717, 1.165) is 5.57 Å². The number of phosphoric ester groups is 1. The van der Waals surface area contributed by atoms with E-state index in [9.17, 15) is 38.8 Å². The van der Waals surface area contributed by atoms with Gasteiger partial charge in [-0.1, -0.05) is 64.2 Å². The molecule has 4 aliphatic heterocycles. The molecule has 5 aliphatic rings. The van der Waals surface area contributed by atoms with Gasteiger partial charge in [-0.05, 0) is 114 Å². The van der Waals surface area contributed by atoms with Crippen LogP contribution in [0, 0.1) is 41.4 Å². The summed E-state index contributed by atoms with van der Waals surface area (Å²) in [4.78, 5) is 72.9. The summed E-state index contributed by atoms with van der Waals surface area (Å²) in [6, 6.07) is -1.18. The molecule has 0 radical (unpaired) electrons. The number of piperidine rings is 1. The van der Waals surface area contributed by atoms with E-state index in [1.807, 2.05) is 51.2 Å². The number of aliphatic hydroxyl groups is 2. The zero-order valence-corrected chi connectivity index (χ0v) is 45.4. The summed E-state index contributed by atoms with van der Waals surface area (Å²) in [7, 11) is 0.618. The standard InChI is InChI=1S/C54H84NO16P/c1-12-67-72(63,68-13-2)71-43-24-22-38(29-46(43)65-10)28-41-40-20-17-25-55-47(40)53(61)69-45(41)31-42(56)34(5)27-36(7)49(58)50(66-11)48(57)35(6)26-32(3)18-15-14-16-19-33(4)44(64-9)30-39-23-21-37(8)54(62,70-39)51(59)52(55)60/h14-16,18-19,27,32,34-35,37-41,43-47,49-50,58,62H,12-13,17,20-26,28-31H2,1-11H3/b16-14+,18-15+,33-19+,36-27+/t32?,34?,35-,37-,38+,39+,40-,41?,43-,44+,45+,46-,47+,49-,50+,54-/m1/s1. The molecule has 2 N–H and O–H groups in total. The number of amides is 1. The molecule has 4 heterocycles. The second kappa shape index (κ2) is 27.0. The smallest absolute Gasteiger partial charge is 0.460 e. The van der Waals surface area contributed by atoms with Crippen LogP contribution < -0.4 is 0 Å². The fraction of sp³-hybridized carbons (Fsp3) is 0.759. The molecule has 406 valence electrons. The average Bonchev–Trinajstić information content (AvgIpc) is 3.34. The molecule has 0 aromatic rings. The van der Waals surface area contributed by atoms with Crippen LogP contribution in [0.1, 0.15) is 126 Å². The molecule has 1 saturated carbocycles. The summed E-state index contributed by atoms with van der Waals surface area (Å²) in [6.45, 7) is 14.4. The summed E-state index contributed by atoms with van der Waals surface area (Å²) in [6.07, 6.45) is 9.92. The van der Waals surface area contributed by atoms with E-state index in [4.69, 9.17) is 37.3 Å². The molecular weight excluding hydrogens is 950 g/mol. The van der Waals surface area contributed by atoms with E-state index in [-0.39, 0.29) is 49.6 Å². The molecule has 17 nitrogen and oxygen atoms in total. The fourth-order valence-electron chi connectivity index (χ4n) is 11.6. The number of nitrogens with zero attached hydrogens (tertiary/aromatic N) is 1. The van der Waals surface area contributed by atoms with Crippen LogP contribution in [0.5, 0.6) is 0 Å². The van der Waals surface area contributed by atoms with Crippen LogP contribution in [0.3, 0.4) is 0 Å². The maximum atomic E-state index is 14.6. The third kappa shape index (κ3) is 14.6. The minimum absolute atomic E-state index is 0.00548. The number of esters is 1. The second-order valence-electron chi connectivity index (χ2n) is 20.9. The van der Waals surface area contributed by atoms with Crippen molar-refractivity contribution in [3.8, 4) is 0 Å². The van der Waals surface area contributed by atoms with Crippen molar-refractivity contribution in [2.75, 3.05) is 41.1 Å². The lowest BCUT2D eigenvalue weighted by Gasteiger charge is -2.50. The summed E-state index contributed by atoms with van der Waals surface area (Å²) in [5, 5.41) is 23.6. The first kappa shape index (κ1) is 59.7. The SMILES string of the molecule is CCOP(=O)(OCC)O[C@@H]1CC[C@@H](CC2[C@@H]3CC(=O)C(C)/C=C(\C)[C@@H](O)[C@@H](OC)C(=O)[C@H](C)CC(C)/C=C/C=C/C=C(\C)[C@@H](OC)C[C@@H]4CC[C@@H](C)[C@@](O)(O4)C(=O)C(=O)N4CCC[C@H]2[C@H]4C(=O)O3)C[C@H]1OC. The third-order valence-corrected chi connectivity index (χ3v) is 17.4. The Morgan fingerprint density at radius 1 is 0.833 bits per heavy atom. The van der Waals surface area contributed by atoms with Gasteiger partial charge in [0, 0.05) is 64.4 Å². The van der Waals surface area contributed by atoms with E-state index in [1.165, 1.54) is 12.0 Å². The topological polar surface area (TPSA) is 220 Å². The van der Waals surface area contributed by atoms with Gasteiger partial charge in [0.1, 0.15) is 30.1 Å². The predicted octanol–water partition coefficient (Wildman–Crippen LogP) is 7.61. The van der Waals surface area contributed by atoms with E-state index in [2.05, 4.69) is 0 Å². The molecule has 4 fully saturated rings. The molecule has 0 aromatic carbocycles. The van der Waals surface area contributed by atoms with Crippen molar-refractivity contribution in [1.29, 1.82) is 0 Å². The van der Waals surface area contributed by atoms with E-state index < -0.39 is 110 Å². The normalized spacial score (nSPS) is 39.9. The van der Waals surface area contributed by atoms with Gasteiger partial charge >= 0.3 is 13.8 Å². The van der Waals surface area contributed by atoms with Gasteiger partial charge in [0.2, 0.25) is 5.79 Å². The Hall–Kier alpha value is -3.22. The molecule has 0 spiro atoms. The minimum atomic E-state index is -3.88. The van der Waals surface area contributed by atoms with Crippen LogP contribution in [0.4, 0.5) is 0 Å². The fourth-order valence-corrected chi connectivity index (χ4v) is 13.0. The Labute approximate surface area is 427 Å². The highest BCUT2D eigenvalue weighted by molar-refractivity contribution is 7.48. The first-order valence-electron chi connectivity index (χ1n) is 26.2. The number of phosphoric acid groups is 1. The monoisotopic (exact) mass is 1030 g/mol. The van der Waals surface area contributed by atoms with Crippen molar-refractivity contribution in [2.24, 2.45) is 41.4 Å². The summed E-state index contributed by atoms with van der Waals surface area (Å²) < 4.78 is 60.2. The zero-order valence-electron chi connectivity index (χ0n) is 44.5. The predicted molar refractivity (Wildman–Crippen MR) is 268 cm³/mol. The Bertz CT molecular complexity index is 2040. The number of aliphatic hydroxyl groups excluding tert-OH is 1. The maximum Gasteiger partial charge on any atom is 0.475 e. The highest BCUT2D eigenvalue weighted by Gasteiger charge is 2.57. The number of allylic oxidation sites excluding steroid dienone is 6. The molecule has 1 aliphatic carbocycles. The number of ether oxygens (including phenoxy) is 5. The lowest BCUT2D eigenvalue weighted by molar-refractivity contribution is -0.266. The molecule has 72 heavy (non-hydrogen) atoms. The molecule has 6 bridgehead atoms. The van der Waals surface area contributed by atoms with Crippen LogP contribution in [0.2, 0.25) is 0 Å². The zero-order chi connectivity index (χ0) is 53.1. The van der Waals surface area contributed by atoms with Gasteiger partial charge in [-0.25, -0.2) is 9.36 Å². The van der Waals surface area contributed by atoms with Crippen molar-refractivity contribution in [1.82, 2.24) is 4.90 Å². The van der Waals surface area contributed by atoms with Gasteiger partial charge < -0.3 is 38.8 Å². The molecule has 18 heteroatoms. The van der Waals surface area contributed by atoms with Crippen molar-refractivity contribution in [3.63, 3.8) is 0 Å². The van der Waals surface area contributed by atoms with Crippen LogP contribution in [-0.2, 0) is 65.8 Å². The van der Waals surface area contributed by atoms with Crippen LogP contribution in [-0.4, -0.2) is 140 Å². The van der Waals surface area contributed by atoms with E-state index in [1.54, 1.807) is 54.9 Å². The number of fused-ring (bicyclic) bond motifs is 3. The van der Waals surface area contributed by atoms with Gasteiger partial charge in [0.05, 0.1) is 37.6 Å². The highest BCUT2D eigenvalue weighted by Crippen LogP contribution is 2.53. The number of methoxy groups -OCH3 is 3. The van der Waals surface area contributed by atoms with Crippen molar-refractivity contribution in [3.05, 3.63) is 47.6 Å². The molecule has 3 saturated heterocycles. The Kier molecular flexibility index (Phi) is 22.4. The minimum Gasteiger partial charge on any atom is -0.460 e. The Balaban J connectivity index is 1.51. The third-order valence-electron chi connectivity index (χ3n) is 15.7. The number of carbonyl (C=O) groups excluding carboxylic acids is 5. The summed E-state index contributed by atoms with van der Waals surface area (Å²) in [5.41, 5.74) is 1.24. The number of rotatable bonds is 11. The Morgan fingerprint density at radius 2 is 1.54 bits per heavy atom. The lowest BCUT2D eigenvalue weighted by Crippen LogP contribution is -2.65.